The minimum Gasteiger partial charge on any atom is -0.350 e. The van der Waals surface area contributed by atoms with Crippen LogP contribution in [-0.4, -0.2) is 28.1 Å². The second kappa shape index (κ2) is 8.45. The summed E-state index contributed by atoms with van der Waals surface area (Å²) in [5.74, 6) is 1.30. The number of nitrogens with zero attached hydrogens (tertiary/aromatic N) is 2. The molecule has 1 heterocycles. The lowest BCUT2D eigenvalue weighted by Gasteiger charge is -2.31. The Labute approximate surface area is 153 Å². The van der Waals surface area contributed by atoms with Gasteiger partial charge < -0.3 is 15.6 Å². The van der Waals surface area contributed by atoms with E-state index in [1.807, 2.05) is 19.1 Å². The topological polar surface area (TPSA) is 94.0 Å². The molecule has 7 heteroatoms. The maximum atomic E-state index is 12.2. The number of rotatable bonds is 8. The van der Waals surface area contributed by atoms with E-state index in [0.717, 1.165) is 12.0 Å². The first-order valence-corrected chi connectivity index (χ1v) is 8.79. The van der Waals surface area contributed by atoms with Crippen LogP contribution in [0, 0.1) is 5.92 Å². The highest BCUT2D eigenvalue weighted by Gasteiger charge is 2.25. The molecule has 0 saturated carbocycles. The first-order valence-electron chi connectivity index (χ1n) is 8.41. The van der Waals surface area contributed by atoms with Crippen molar-refractivity contribution in [3.05, 3.63) is 35.2 Å². The zero-order valence-electron chi connectivity index (χ0n) is 14.9. The Morgan fingerprint density at radius 2 is 2.04 bits per heavy atom. The number of nitrogens with one attached hydrogen (secondary N) is 1. The van der Waals surface area contributed by atoms with Crippen molar-refractivity contribution in [2.24, 2.45) is 11.7 Å². The normalized spacial score (nSPS) is 13.7. The van der Waals surface area contributed by atoms with Gasteiger partial charge in [-0.3, -0.25) is 4.79 Å². The van der Waals surface area contributed by atoms with Gasteiger partial charge in [0.05, 0.1) is 0 Å². The second-order valence-corrected chi connectivity index (χ2v) is 7.37. The molecule has 0 aliphatic carbocycles. The summed E-state index contributed by atoms with van der Waals surface area (Å²) in [5, 5.41) is 7.61. The fourth-order valence-electron chi connectivity index (χ4n) is 2.78. The van der Waals surface area contributed by atoms with Crippen molar-refractivity contribution in [1.29, 1.82) is 0 Å². The Hall–Kier alpha value is -1.92. The molecule has 1 amide bonds. The summed E-state index contributed by atoms with van der Waals surface area (Å²) in [6.45, 7) is 6.59. The van der Waals surface area contributed by atoms with Gasteiger partial charge in [0.25, 0.3) is 0 Å². The van der Waals surface area contributed by atoms with E-state index in [0.29, 0.717) is 35.6 Å². The Kier molecular flexibility index (Phi) is 6.56. The van der Waals surface area contributed by atoms with E-state index in [4.69, 9.17) is 21.9 Å². The van der Waals surface area contributed by atoms with E-state index in [1.165, 1.54) is 0 Å². The Morgan fingerprint density at radius 3 is 2.64 bits per heavy atom. The van der Waals surface area contributed by atoms with E-state index in [1.54, 1.807) is 12.1 Å². The molecular formula is C18H25ClN4O2. The SMILES string of the molecule is CC(C)CC(C)(CN)NC(=O)CCc1nc(-c2ccc(Cl)cc2)no1. The lowest BCUT2D eigenvalue weighted by Crippen LogP contribution is -2.52. The van der Waals surface area contributed by atoms with Crippen LogP contribution in [0.25, 0.3) is 11.4 Å². The maximum Gasteiger partial charge on any atom is 0.227 e. The van der Waals surface area contributed by atoms with Crippen LogP contribution in [0.15, 0.2) is 28.8 Å². The van der Waals surface area contributed by atoms with Crippen LogP contribution in [0.2, 0.25) is 5.02 Å². The highest BCUT2D eigenvalue weighted by Crippen LogP contribution is 2.19. The monoisotopic (exact) mass is 364 g/mol. The molecule has 0 fully saturated rings. The summed E-state index contributed by atoms with van der Waals surface area (Å²) in [4.78, 5) is 16.5. The molecule has 0 radical (unpaired) electrons. The van der Waals surface area contributed by atoms with Gasteiger partial charge in [-0.25, -0.2) is 0 Å². The summed E-state index contributed by atoms with van der Waals surface area (Å²) in [6, 6.07) is 7.18. The molecule has 0 aliphatic rings. The van der Waals surface area contributed by atoms with Gasteiger partial charge in [0.2, 0.25) is 17.6 Å². The number of carbonyl (C=O) groups is 1. The van der Waals surface area contributed by atoms with E-state index in [-0.39, 0.29) is 12.3 Å². The minimum absolute atomic E-state index is 0.0696. The fourth-order valence-corrected chi connectivity index (χ4v) is 2.90. The molecular weight excluding hydrogens is 340 g/mol. The lowest BCUT2D eigenvalue weighted by molar-refractivity contribution is -0.123. The van der Waals surface area contributed by atoms with Crippen molar-refractivity contribution in [3.63, 3.8) is 0 Å². The summed E-state index contributed by atoms with van der Waals surface area (Å²) >= 11 is 5.87. The van der Waals surface area contributed by atoms with Crippen molar-refractivity contribution in [1.82, 2.24) is 15.5 Å². The van der Waals surface area contributed by atoms with Crippen molar-refractivity contribution in [2.45, 2.75) is 45.6 Å². The van der Waals surface area contributed by atoms with Crippen LogP contribution < -0.4 is 11.1 Å². The lowest BCUT2D eigenvalue weighted by atomic mass is 9.90. The largest absolute Gasteiger partial charge is 0.350 e. The Bertz CT molecular complexity index is 699. The maximum absolute atomic E-state index is 12.2. The van der Waals surface area contributed by atoms with Gasteiger partial charge in [-0.2, -0.15) is 4.98 Å². The molecule has 1 aromatic carbocycles. The van der Waals surface area contributed by atoms with Crippen molar-refractivity contribution < 1.29 is 9.32 Å². The van der Waals surface area contributed by atoms with Crippen molar-refractivity contribution in [2.75, 3.05) is 6.54 Å². The van der Waals surface area contributed by atoms with E-state index in [2.05, 4.69) is 29.3 Å². The predicted molar refractivity (Wildman–Crippen MR) is 98.1 cm³/mol. The molecule has 3 N–H and O–H groups in total. The number of benzene rings is 1. The molecule has 1 atom stereocenters. The van der Waals surface area contributed by atoms with E-state index in [9.17, 15) is 4.79 Å². The third-order valence-corrected chi connectivity index (χ3v) is 4.14. The van der Waals surface area contributed by atoms with Crippen LogP contribution in [0.1, 0.15) is 39.5 Å². The van der Waals surface area contributed by atoms with Crippen molar-refractivity contribution >= 4 is 17.5 Å². The number of nitrogens with two attached hydrogens (primary N) is 1. The molecule has 2 aromatic rings. The van der Waals surface area contributed by atoms with Crippen LogP contribution in [0.4, 0.5) is 0 Å². The first kappa shape index (κ1) is 19.4. The minimum atomic E-state index is -0.394. The van der Waals surface area contributed by atoms with Crippen LogP contribution in [-0.2, 0) is 11.2 Å². The highest BCUT2D eigenvalue weighted by molar-refractivity contribution is 6.30. The second-order valence-electron chi connectivity index (χ2n) is 6.93. The molecule has 25 heavy (non-hydrogen) atoms. The van der Waals surface area contributed by atoms with E-state index >= 15 is 0 Å². The Balaban J connectivity index is 1.91. The summed E-state index contributed by atoms with van der Waals surface area (Å²) < 4.78 is 5.22. The first-order chi connectivity index (χ1) is 11.8. The van der Waals surface area contributed by atoms with E-state index < -0.39 is 5.54 Å². The third kappa shape index (κ3) is 5.83. The fraction of sp³-hybridized carbons (Fsp3) is 0.500. The van der Waals surface area contributed by atoms with Gasteiger partial charge >= 0.3 is 0 Å². The zero-order valence-corrected chi connectivity index (χ0v) is 15.6. The third-order valence-electron chi connectivity index (χ3n) is 3.89. The number of hydrogen-bond donors (Lipinski definition) is 2. The summed E-state index contributed by atoms with van der Waals surface area (Å²) in [5.41, 5.74) is 6.25. The van der Waals surface area contributed by atoms with Crippen LogP contribution in [0.3, 0.4) is 0 Å². The molecule has 6 nitrogen and oxygen atoms in total. The molecule has 136 valence electrons. The predicted octanol–water partition coefficient (Wildman–Crippen LogP) is 3.20. The summed E-state index contributed by atoms with van der Waals surface area (Å²) in [7, 11) is 0. The molecule has 0 saturated heterocycles. The molecule has 0 spiro atoms. The average Bonchev–Trinajstić information content (AvgIpc) is 3.02. The molecule has 2 rings (SSSR count). The Morgan fingerprint density at radius 1 is 1.36 bits per heavy atom. The van der Waals surface area contributed by atoms with Crippen molar-refractivity contribution in [3.8, 4) is 11.4 Å². The smallest absolute Gasteiger partial charge is 0.227 e. The van der Waals surface area contributed by atoms with Crippen LogP contribution in [0.5, 0.6) is 0 Å². The highest BCUT2D eigenvalue weighted by atomic mass is 35.5. The molecule has 1 unspecified atom stereocenters. The number of aryl methyl sites for hydroxylation is 1. The molecule has 0 aliphatic heterocycles. The number of hydrogen-bond acceptors (Lipinski definition) is 5. The standard InChI is InChI=1S/C18H25ClN4O2/c1-12(2)10-18(3,11-20)22-15(24)8-9-16-21-17(23-25-16)13-4-6-14(19)7-5-13/h4-7,12H,8-11,20H2,1-3H3,(H,22,24). The van der Waals surface area contributed by atoms with Crippen LogP contribution >= 0.6 is 11.6 Å². The average molecular weight is 365 g/mol. The molecule has 0 bridgehead atoms. The quantitative estimate of drug-likeness (QED) is 0.750. The van der Waals surface area contributed by atoms with Gasteiger partial charge in [-0.15, -0.1) is 0 Å². The summed E-state index contributed by atoms with van der Waals surface area (Å²) in [6.07, 6.45) is 1.49. The number of carbonyl (C=O) groups excluding carboxylic acids is 1. The van der Waals surface area contributed by atoms with Gasteiger partial charge in [0, 0.05) is 35.5 Å². The zero-order chi connectivity index (χ0) is 18.4. The number of aromatic nitrogens is 2. The van der Waals surface area contributed by atoms with Gasteiger partial charge in [0.1, 0.15) is 0 Å². The van der Waals surface area contributed by atoms with Gasteiger partial charge in [-0.05, 0) is 43.5 Å². The number of amides is 1. The number of halogens is 1. The molecule has 1 aromatic heterocycles. The van der Waals surface area contributed by atoms with Gasteiger partial charge in [-0.1, -0.05) is 30.6 Å². The van der Waals surface area contributed by atoms with Gasteiger partial charge in [0.15, 0.2) is 0 Å².